The van der Waals surface area contributed by atoms with E-state index < -0.39 is 0 Å². The second-order valence-corrected chi connectivity index (χ2v) is 10.4. The molecule has 0 aromatic rings. The second-order valence-electron chi connectivity index (χ2n) is 10.4. The number of rotatable bonds is 2. The summed E-state index contributed by atoms with van der Waals surface area (Å²) in [5.41, 5.74) is 2.65. The highest BCUT2D eigenvalue weighted by Crippen LogP contribution is 2.59. The maximum atomic E-state index is 12.9. The SMILES string of the molecule is CC1=CC(=O)[C@H]2C(C)(C)CCC[C@]2(C)[C@H]1/C=C/C1=CC2OC1C1CCOC21. The molecule has 2 aliphatic carbocycles. The fourth-order valence-electron chi connectivity index (χ4n) is 7.18. The third-order valence-electron chi connectivity index (χ3n) is 8.20. The molecule has 0 radical (unpaired) electrons. The van der Waals surface area contributed by atoms with Crippen molar-refractivity contribution in [3.63, 3.8) is 0 Å². The summed E-state index contributed by atoms with van der Waals surface area (Å²) in [5.74, 6) is 1.32. The topological polar surface area (TPSA) is 35.5 Å². The van der Waals surface area contributed by atoms with Crippen molar-refractivity contribution < 1.29 is 14.3 Å². The molecule has 0 amide bonds. The van der Waals surface area contributed by atoms with Crippen molar-refractivity contribution in [1.29, 1.82) is 0 Å². The molecule has 3 heterocycles. The van der Waals surface area contributed by atoms with Crippen LogP contribution in [0.2, 0.25) is 0 Å². The van der Waals surface area contributed by atoms with Crippen LogP contribution < -0.4 is 0 Å². The van der Waals surface area contributed by atoms with Gasteiger partial charge in [-0.15, -0.1) is 0 Å². The zero-order valence-electron chi connectivity index (χ0n) is 17.0. The molecule has 2 bridgehead atoms. The van der Waals surface area contributed by atoms with Gasteiger partial charge >= 0.3 is 0 Å². The average molecular weight is 369 g/mol. The number of carbonyl (C=O) groups is 1. The van der Waals surface area contributed by atoms with Gasteiger partial charge in [-0.05, 0) is 54.7 Å². The number of carbonyl (C=O) groups excluding carboxylic acids is 1. The van der Waals surface area contributed by atoms with Gasteiger partial charge in [0.05, 0.1) is 12.2 Å². The lowest BCUT2D eigenvalue weighted by atomic mass is 9.48. The van der Waals surface area contributed by atoms with E-state index in [9.17, 15) is 4.79 Å². The summed E-state index contributed by atoms with van der Waals surface area (Å²) in [6, 6.07) is 0. The Bertz CT molecular complexity index is 758. The molecular weight excluding hydrogens is 336 g/mol. The van der Waals surface area contributed by atoms with E-state index >= 15 is 0 Å². The van der Waals surface area contributed by atoms with E-state index in [1.165, 1.54) is 17.6 Å². The number of fused-ring (bicyclic) bond motifs is 6. The van der Waals surface area contributed by atoms with Crippen molar-refractivity contribution >= 4 is 5.78 Å². The Morgan fingerprint density at radius 2 is 2.04 bits per heavy atom. The molecule has 3 fully saturated rings. The van der Waals surface area contributed by atoms with Crippen molar-refractivity contribution in [3.05, 3.63) is 35.5 Å². The zero-order valence-corrected chi connectivity index (χ0v) is 17.0. The Balaban J connectivity index is 1.45. The van der Waals surface area contributed by atoms with Gasteiger partial charge in [-0.2, -0.15) is 0 Å². The Morgan fingerprint density at radius 1 is 1.22 bits per heavy atom. The van der Waals surface area contributed by atoms with Gasteiger partial charge in [-0.1, -0.05) is 44.9 Å². The van der Waals surface area contributed by atoms with Gasteiger partial charge in [0.25, 0.3) is 0 Å². The van der Waals surface area contributed by atoms with Gasteiger partial charge in [-0.25, -0.2) is 0 Å². The molecule has 4 unspecified atom stereocenters. The second kappa shape index (κ2) is 5.90. The lowest BCUT2D eigenvalue weighted by Gasteiger charge is -2.55. The number of ether oxygens (including phenoxy) is 2. The summed E-state index contributed by atoms with van der Waals surface area (Å²) in [7, 11) is 0. The summed E-state index contributed by atoms with van der Waals surface area (Å²) < 4.78 is 12.0. The van der Waals surface area contributed by atoms with E-state index in [1.807, 2.05) is 6.08 Å². The van der Waals surface area contributed by atoms with Gasteiger partial charge in [0.2, 0.25) is 0 Å². The molecule has 3 nitrogen and oxygen atoms in total. The van der Waals surface area contributed by atoms with Gasteiger partial charge < -0.3 is 9.47 Å². The Kier molecular flexibility index (Phi) is 3.91. The maximum Gasteiger partial charge on any atom is 0.159 e. The molecule has 1 saturated carbocycles. The van der Waals surface area contributed by atoms with Crippen molar-refractivity contribution in [3.8, 4) is 0 Å². The van der Waals surface area contributed by atoms with Crippen molar-refractivity contribution in [2.24, 2.45) is 28.6 Å². The van der Waals surface area contributed by atoms with Crippen LogP contribution in [0.5, 0.6) is 0 Å². The number of hydrogen-bond donors (Lipinski definition) is 0. The Labute approximate surface area is 162 Å². The summed E-state index contributed by atoms with van der Waals surface area (Å²) in [4.78, 5) is 12.9. The lowest BCUT2D eigenvalue weighted by Crippen LogP contribution is -2.52. The molecule has 7 atom stereocenters. The molecule has 5 rings (SSSR count). The highest BCUT2D eigenvalue weighted by molar-refractivity contribution is 5.95. The van der Waals surface area contributed by atoms with Crippen LogP contribution in [0.3, 0.4) is 0 Å². The highest BCUT2D eigenvalue weighted by atomic mass is 16.6. The predicted octanol–water partition coefficient (Wildman–Crippen LogP) is 4.63. The van der Waals surface area contributed by atoms with E-state index in [-0.39, 0.29) is 35.1 Å². The maximum absolute atomic E-state index is 12.9. The predicted molar refractivity (Wildman–Crippen MR) is 105 cm³/mol. The van der Waals surface area contributed by atoms with Crippen molar-refractivity contribution in [1.82, 2.24) is 0 Å². The van der Waals surface area contributed by atoms with Crippen LogP contribution in [0.4, 0.5) is 0 Å². The summed E-state index contributed by atoms with van der Waals surface area (Å²) in [5, 5.41) is 0. The standard InChI is InChI=1S/C24H32O3/c1-14-12-18(25)22-23(2,3)9-5-10-24(22,4)17(14)7-6-15-13-19-21-16(8-11-26-21)20(15)27-19/h6-7,12-13,16-17,19-22H,5,8-11H2,1-4H3/b7-6+/t16?,17-,19?,20?,21?,22-,24+/m0/s1. The Hall–Kier alpha value is -1.19. The molecule has 3 aliphatic heterocycles. The molecule has 5 aliphatic rings. The average Bonchev–Trinajstić information content (AvgIpc) is 3.25. The first-order valence-corrected chi connectivity index (χ1v) is 10.7. The minimum atomic E-state index is 0.0200. The van der Waals surface area contributed by atoms with Gasteiger partial charge in [0.15, 0.2) is 5.78 Å². The summed E-state index contributed by atoms with van der Waals surface area (Å²) >= 11 is 0. The first kappa shape index (κ1) is 17.9. The largest absolute Gasteiger partial charge is 0.375 e. The molecule has 27 heavy (non-hydrogen) atoms. The molecular formula is C24H32O3. The fourth-order valence-corrected chi connectivity index (χ4v) is 7.18. The van der Waals surface area contributed by atoms with Crippen LogP contribution in [0.15, 0.2) is 35.5 Å². The van der Waals surface area contributed by atoms with E-state index in [1.54, 1.807) is 0 Å². The minimum Gasteiger partial charge on any atom is -0.375 e. The summed E-state index contributed by atoms with van der Waals surface area (Å²) in [6.45, 7) is 9.94. The lowest BCUT2D eigenvalue weighted by molar-refractivity contribution is -0.134. The van der Waals surface area contributed by atoms with Crippen LogP contribution in [0.1, 0.15) is 53.4 Å². The molecule has 0 aromatic heterocycles. The molecule has 2 saturated heterocycles. The first-order chi connectivity index (χ1) is 12.8. The van der Waals surface area contributed by atoms with E-state index in [0.29, 0.717) is 17.6 Å². The molecule has 0 N–H and O–H groups in total. The van der Waals surface area contributed by atoms with Crippen LogP contribution in [-0.4, -0.2) is 30.7 Å². The quantitative estimate of drug-likeness (QED) is 0.713. The Morgan fingerprint density at radius 3 is 2.85 bits per heavy atom. The van der Waals surface area contributed by atoms with Gasteiger partial charge in [0, 0.05) is 24.4 Å². The highest BCUT2D eigenvalue weighted by Gasteiger charge is 2.55. The van der Waals surface area contributed by atoms with Gasteiger partial charge in [0.1, 0.15) is 6.10 Å². The van der Waals surface area contributed by atoms with E-state index in [4.69, 9.17) is 9.47 Å². The van der Waals surface area contributed by atoms with Crippen LogP contribution >= 0.6 is 0 Å². The zero-order chi connectivity index (χ0) is 19.0. The van der Waals surface area contributed by atoms with Crippen LogP contribution in [0, 0.1) is 28.6 Å². The molecule has 0 aromatic carbocycles. The van der Waals surface area contributed by atoms with Crippen LogP contribution in [-0.2, 0) is 14.3 Å². The molecule has 0 spiro atoms. The van der Waals surface area contributed by atoms with Gasteiger partial charge in [-0.3, -0.25) is 4.79 Å². The molecule has 146 valence electrons. The van der Waals surface area contributed by atoms with Crippen molar-refractivity contribution in [2.45, 2.75) is 71.7 Å². The normalized spacial score (nSPS) is 47.8. The number of hydrogen-bond acceptors (Lipinski definition) is 3. The van der Waals surface area contributed by atoms with E-state index in [2.05, 4.69) is 45.9 Å². The van der Waals surface area contributed by atoms with E-state index in [0.717, 1.165) is 25.9 Å². The summed E-state index contributed by atoms with van der Waals surface area (Å²) in [6.07, 6.45) is 14.1. The smallest absolute Gasteiger partial charge is 0.159 e. The molecule has 3 heteroatoms. The first-order valence-electron chi connectivity index (χ1n) is 10.7. The third kappa shape index (κ3) is 2.50. The number of ketones is 1. The monoisotopic (exact) mass is 368 g/mol. The minimum absolute atomic E-state index is 0.0200. The third-order valence-corrected chi connectivity index (χ3v) is 8.20. The van der Waals surface area contributed by atoms with Crippen LogP contribution in [0.25, 0.3) is 0 Å². The number of allylic oxidation sites excluding steroid dienone is 3. The van der Waals surface area contributed by atoms with Crippen molar-refractivity contribution in [2.75, 3.05) is 6.61 Å². The fraction of sp³-hybridized carbons (Fsp3) is 0.708.